The minimum absolute atomic E-state index is 0.122. The van der Waals surface area contributed by atoms with Gasteiger partial charge in [-0.15, -0.1) is 0 Å². The van der Waals surface area contributed by atoms with Crippen molar-refractivity contribution in [2.24, 2.45) is 5.73 Å². The van der Waals surface area contributed by atoms with E-state index in [4.69, 9.17) is 22.1 Å². The number of anilines is 1. The van der Waals surface area contributed by atoms with Gasteiger partial charge in [-0.25, -0.2) is 4.98 Å². The van der Waals surface area contributed by atoms with E-state index in [1.807, 2.05) is 28.9 Å². The summed E-state index contributed by atoms with van der Waals surface area (Å²) in [4.78, 5) is 4.66. The molecule has 0 aliphatic heterocycles. The molecule has 0 fully saturated rings. The number of nitrogens with one attached hydrogen (secondary N) is 1. The van der Waals surface area contributed by atoms with Crippen LogP contribution in [0.3, 0.4) is 0 Å². The van der Waals surface area contributed by atoms with E-state index in [1.165, 1.54) is 0 Å². The van der Waals surface area contributed by atoms with E-state index >= 15 is 0 Å². The Bertz CT molecular complexity index is 879. The molecule has 6 nitrogen and oxygen atoms in total. The van der Waals surface area contributed by atoms with Crippen LogP contribution in [0.2, 0.25) is 5.02 Å². The lowest BCUT2D eigenvalue weighted by molar-refractivity contribution is 0.281. The molecule has 2 aromatic heterocycles. The van der Waals surface area contributed by atoms with Crippen LogP contribution >= 0.6 is 11.6 Å². The largest absolute Gasteiger partial charge is 0.495 e. The van der Waals surface area contributed by atoms with Crippen molar-refractivity contribution in [2.45, 2.75) is 13.0 Å². The first-order valence-electron chi connectivity index (χ1n) is 8.06. The van der Waals surface area contributed by atoms with Gasteiger partial charge in [0.1, 0.15) is 11.4 Å². The predicted octanol–water partition coefficient (Wildman–Crippen LogP) is 2.92. The van der Waals surface area contributed by atoms with E-state index in [-0.39, 0.29) is 6.61 Å². The summed E-state index contributed by atoms with van der Waals surface area (Å²) in [5.41, 5.74) is 9.56. The molecule has 0 aliphatic carbocycles. The highest BCUT2D eigenvalue weighted by Crippen LogP contribution is 2.33. The Hall–Kier alpha value is -2.28. The third kappa shape index (κ3) is 3.71. The zero-order valence-electron chi connectivity index (χ0n) is 14.0. The van der Waals surface area contributed by atoms with Crippen LogP contribution in [0.5, 0.6) is 5.75 Å². The van der Waals surface area contributed by atoms with E-state index in [1.54, 1.807) is 19.2 Å². The molecule has 0 aliphatic rings. The normalized spacial score (nSPS) is 11.0. The number of nitrogens with zero attached hydrogens (tertiary/aromatic N) is 2. The summed E-state index contributed by atoms with van der Waals surface area (Å²) in [6, 6.07) is 7.47. The highest BCUT2D eigenvalue weighted by Gasteiger charge is 2.13. The van der Waals surface area contributed by atoms with Gasteiger partial charge in [0.2, 0.25) is 0 Å². The van der Waals surface area contributed by atoms with Crippen LogP contribution in [0.25, 0.3) is 16.9 Å². The van der Waals surface area contributed by atoms with Crippen molar-refractivity contribution < 1.29 is 9.84 Å². The Labute approximate surface area is 151 Å². The van der Waals surface area contributed by atoms with Gasteiger partial charge in [0.25, 0.3) is 0 Å². The van der Waals surface area contributed by atoms with Crippen LogP contribution in [0.1, 0.15) is 12.0 Å². The number of halogens is 1. The van der Waals surface area contributed by atoms with Gasteiger partial charge >= 0.3 is 0 Å². The summed E-state index contributed by atoms with van der Waals surface area (Å²) in [7, 11) is 1.55. The third-order valence-corrected chi connectivity index (χ3v) is 4.29. The Morgan fingerprint density at radius 2 is 2.20 bits per heavy atom. The van der Waals surface area contributed by atoms with Crippen LogP contribution in [0.4, 0.5) is 5.69 Å². The molecule has 0 saturated carbocycles. The summed E-state index contributed by atoms with van der Waals surface area (Å²) >= 11 is 6.24. The standard InChI is InChI=1S/C18H21ClN4O2/c1-25-17-7-12(11-24)14(9-15(17)19)16-10-23-6-3-13(8-18(23)22-16)21-5-2-4-20/h3,6-10,21,24H,2,4-5,11,20H2,1H3. The van der Waals surface area contributed by atoms with Gasteiger partial charge in [-0.2, -0.15) is 0 Å². The molecule has 0 atom stereocenters. The molecule has 3 aromatic rings. The number of aliphatic hydroxyl groups excluding tert-OH is 1. The average Bonchev–Trinajstić information content (AvgIpc) is 3.05. The molecule has 0 unspecified atom stereocenters. The van der Waals surface area contributed by atoms with Gasteiger partial charge < -0.3 is 25.3 Å². The number of hydrogen-bond donors (Lipinski definition) is 3. The number of pyridine rings is 1. The van der Waals surface area contributed by atoms with E-state index in [0.29, 0.717) is 22.9 Å². The monoisotopic (exact) mass is 360 g/mol. The first kappa shape index (κ1) is 17.5. The van der Waals surface area contributed by atoms with Crippen LogP contribution in [-0.4, -0.2) is 34.7 Å². The van der Waals surface area contributed by atoms with E-state index in [2.05, 4.69) is 10.3 Å². The second-order valence-corrected chi connectivity index (χ2v) is 6.09. The Balaban J connectivity index is 1.97. The average molecular weight is 361 g/mol. The first-order chi connectivity index (χ1) is 12.2. The lowest BCUT2D eigenvalue weighted by atomic mass is 10.1. The molecule has 7 heteroatoms. The van der Waals surface area contributed by atoms with Gasteiger partial charge in [0.15, 0.2) is 0 Å². The van der Waals surface area contributed by atoms with Crippen molar-refractivity contribution in [1.29, 1.82) is 0 Å². The quantitative estimate of drug-likeness (QED) is 0.564. The number of hydrogen-bond acceptors (Lipinski definition) is 5. The maximum Gasteiger partial charge on any atom is 0.139 e. The number of methoxy groups -OCH3 is 1. The second kappa shape index (κ2) is 7.74. The molecule has 0 bridgehead atoms. The van der Waals surface area contributed by atoms with Crippen LogP contribution in [0.15, 0.2) is 36.7 Å². The number of aromatic nitrogens is 2. The van der Waals surface area contributed by atoms with Crippen LogP contribution in [0, 0.1) is 0 Å². The molecule has 132 valence electrons. The number of rotatable bonds is 7. The Kier molecular flexibility index (Phi) is 5.43. The SMILES string of the molecule is COc1cc(CO)c(-c2cn3ccc(NCCCN)cc3n2)cc1Cl. The molecule has 25 heavy (non-hydrogen) atoms. The maximum atomic E-state index is 9.68. The second-order valence-electron chi connectivity index (χ2n) is 5.68. The van der Waals surface area contributed by atoms with Crippen LogP contribution < -0.4 is 15.8 Å². The molecule has 0 radical (unpaired) electrons. The van der Waals surface area contributed by atoms with Crippen molar-refractivity contribution in [2.75, 3.05) is 25.5 Å². The topological polar surface area (TPSA) is 84.8 Å². The fourth-order valence-corrected chi connectivity index (χ4v) is 2.92. The van der Waals surface area contributed by atoms with Gasteiger partial charge in [-0.3, -0.25) is 0 Å². The number of fused-ring (bicyclic) bond motifs is 1. The Morgan fingerprint density at radius 1 is 1.36 bits per heavy atom. The fourth-order valence-electron chi connectivity index (χ4n) is 2.68. The zero-order chi connectivity index (χ0) is 17.8. The summed E-state index contributed by atoms with van der Waals surface area (Å²) in [6.07, 6.45) is 4.77. The number of imidazole rings is 1. The van der Waals surface area contributed by atoms with Crippen LogP contribution in [-0.2, 0) is 6.61 Å². The first-order valence-corrected chi connectivity index (χ1v) is 8.44. The van der Waals surface area contributed by atoms with E-state index in [9.17, 15) is 5.11 Å². The van der Waals surface area contributed by atoms with Gasteiger partial charge in [0, 0.05) is 36.3 Å². The molecule has 3 rings (SSSR count). The van der Waals surface area contributed by atoms with E-state index in [0.717, 1.165) is 35.6 Å². The highest BCUT2D eigenvalue weighted by molar-refractivity contribution is 6.32. The molecule has 2 heterocycles. The van der Waals surface area contributed by atoms with Crippen molar-refractivity contribution >= 4 is 22.9 Å². The number of aliphatic hydroxyl groups is 1. The minimum Gasteiger partial charge on any atom is -0.495 e. The molecular weight excluding hydrogens is 340 g/mol. The molecule has 4 N–H and O–H groups in total. The summed E-state index contributed by atoms with van der Waals surface area (Å²) in [6.45, 7) is 1.36. The maximum absolute atomic E-state index is 9.68. The molecule has 0 spiro atoms. The zero-order valence-corrected chi connectivity index (χ0v) is 14.8. The highest BCUT2D eigenvalue weighted by atomic mass is 35.5. The van der Waals surface area contributed by atoms with Gasteiger partial charge in [-0.1, -0.05) is 11.6 Å². The smallest absolute Gasteiger partial charge is 0.139 e. The van der Waals surface area contributed by atoms with Crippen molar-refractivity contribution in [1.82, 2.24) is 9.38 Å². The number of benzene rings is 1. The van der Waals surface area contributed by atoms with Crippen molar-refractivity contribution in [3.05, 3.63) is 47.2 Å². The fraction of sp³-hybridized carbons (Fsp3) is 0.278. The predicted molar refractivity (Wildman–Crippen MR) is 100 cm³/mol. The number of nitrogens with two attached hydrogens (primary N) is 1. The summed E-state index contributed by atoms with van der Waals surface area (Å²) in [5.74, 6) is 0.532. The Morgan fingerprint density at radius 3 is 2.92 bits per heavy atom. The number of ether oxygens (including phenoxy) is 1. The molecule has 1 aromatic carbocycles. The van der Waals surface area contributed by atoms with Crippen molar-refractivity contribution in [3.8, 4) is 17.0 Å². The lowest BCUT2D eigenvalue weighted by Crippen LogP contribution is -2.08. The van der Waals surface area contributed by atoms with Gasteiger partial charge in [-0.05, 0) is 36.7 Å². The molecular formula is C18H21ClN4O2. The van der Waals surface area contributed by atoms with E-state index < -0.39 is 0 Å². The third-order valence-electron chi connectivity index (χ3n) is 3.99. The summed E-state index contributed by atoms with van der Waals surface area (Å²) < 4.78 is 7.15. The minimum atomic E-state index is -0.122. The van der Waals surface area contributed by atoms with Gasteiger partial charge in [0.05, 0.1) is 24.4 Å². The summed E-state index contributed by atoms with van der Waals surface area (Å²) in [5, 5.41) is 13.5. The molecule has 0 saturated heterocycles. The lowest BCUT2D eigenvalue weighted by Gasteiger charge is -2.09. The molecule has 0 amide bonds. The van der Waals surface area contributed by atoms with Crippen molar-refractivity contribution in [3.63, 3.8) is 0 Å².